The van der Waals surface area contributed by atoms with Gasteiger partial charge in [-0.05, 0) is 69.7 Å². The molecule has 3 rings (SSSR count). The van der Waals surface area contributed by atoms with E-state index in [-0.39, 0.29) is 6.09 Å². The molecule has 2 aliphatic rings. The molecule has 0 spiro atoms. The first-order valence-corrected chi connectivity index (χ1v) is 9.86. The number of ether oxygens (including phenoxy) is 2. The van der Waals surface area contributed by atoms with E-state index in [0.717, 1.165) is 57.6 Å². The molecule has 0 aliphatic carbocycles. The summed E-state index contributed by atoms with van der Waals surface area (Å²) in [7, 11) is 1.69. The van der Waals surface area contributed by atoms with Gasteiger partial charge in [-0.1, -0.05) is 0 Å². The predicted molar refractivity (Wildman–Crippen MR) is 101 cm³/mol. The van der Waals surface area contributed by atoms with Crippen molar-refractivity contribution < 1.29 is 14.3 Å². The van der Waals surface area contributed by atoms with E-state index in [1.807, 2.05) is 18.0 Å². The summed E-state index contributed by atoms with van der Waals surface area (Å²) in [5, 5.41) is 0. The number of likely N-dealkylation sites (tertiary alicyclic amines) is 2. The molecule has 1 unspecified atom stereocenters. The molecule has 6 nitrogen and oxygen atoms in total. The van der Waals surface area contributed by atoms with E-state index in [1.54, 1.807) is 13.3 Å². The second-order valence-electron chi connectivity index (χ2n) is 7.24. The molecule has 144 valence electrons. The van der Waals surface area contributed by atoms with Gasteiger partial charge in [0, 0.05) is 25.3 Å². The lowest BCUT2D eigenvalue weighted by Gasteiger charge is -2.37. The zero-order valence-corrected chi connectivity index (χ0v) is 16.0. The van der Waals surface area contributed by atoms with Crippen LogP contribution in [0.1, 0.15) is 50.5 Å². The Morgan fingerprint density at radius 3 is 2.69 bits per heavy atom. The smallest absolute Gasteiger partial charge is 0.409 e. The molecular weight excluding hydrogens is 330 g/mol. The molecule has 0 radical (unpaired) electrons. The molecule has 1 amide bonds. The Morgan fingerprint density at radius 2 is 1.96 bits per heavy atom. The maximum atomic E-state index is 12.0. The van der Waals surface area contributed by atoms with Gasteiger partial charge < -0.3 is 19.3 Å². The number of aromatic nitrogens is 1. The summed E-state index contributed by atoms with van der Waals surface area (Å²) in [5.74, 6) is 1.41. The molecule has 1 aromatic rings. The molecule has 2 saturated heterocycles. The SMILES string of the molecule is CCOC(=O)N1CCCC(N2CCC(c3cncc(OC)c3)CC2)CC1. The largest absolute Gasteiger partial charge is 0.495 e. The second kappa shape index (κ2) is 9.21. The normalized spacial score (nSPS) is 22.7. The van der Waals surface area contributed by atoms with E-state index in [1.165, 1.54) is 12.0 Å². The summed E-state index contributed by atoms with van der Waals surface area (Å²) in [6.45, 7) is 6.17. The highest BCUT2D eigenvalue weighted by Gasteiger charge is 2.29. The van der Waals surface area contributed by atoms with E-state index in [0.29, 0.717) is 18.6 Å². The van der Waals surface area contributed by atoms with Gasteiger partial charge in [-0.25, -0.2) is 4.79 Å². The third-order valence-corrected chi connectivity index (χ3v) is 5.71. The van der Waals surface area contributed by atoms with Gasteiger partial charge in [-0.3, -0.25) is 4.98 Å². The number of piperidine rings is 1. The number of amides is 1. The van der Waals surface area contributed by atoms with Gasteiger partial charge in [0.1, 0.15) is 5.75 Å². The van der Waals surface area contributed by atoms with Crippen LogP contribution in [0.2, 0.25) is 0 Å². The second-order valence-corrected chi connectivity index (χ2v) is 7.24. The van der Waals surface area contributed by atoms with Crippen molar-refractivity contribution in [1.29, 1.82) is 0 Å². The quantitative estimate of drug-likeness (QED) is 0.824. The van der Waals surface area contributed by atoms with Crippen LogP contribution in [0.4, 0.5) is 4.79 Å². The van der Waals surface area contributed by atoms with Crippen LogP contribution in [0.3, 0.4) is 0 Å². The van der Waals surface area contributed by atoms with Crippen molar-refractivity contribution >= 4 is 6.09 Å². The Labute approximate surface area is 156 Å². The molecule has 0 saturated carbocycles. The summed E-state index contributed by atoms with van der Waals surface area (Å²) in [6, 6.07) is 2.70. The highest BCUT2D eigenvalue weighted by Crippen LogP contribution is 2.31. The fourth-order valence-corrected chi connectivity index (χ4v) is 4.21. The Bertz CT molecular complexity index is 587. The number of carbonyl (C=O) groups excluding carboxylic acids is 1. The summed E-state index contributed by atoms with van der Waals surface area (Å²) < 4.78 is 10.5. The van der Waals surface area contributed by atoms with E-state index in [4.69, 9.17) is 9.47 Å². The molecule has 3 heterocycles. The Morgan fingerprint density at radius 1 is 1.15 bits per heavy atom. The zero-order valence-electron chi connectivity index (χ0n) is 16.0. The van der Waals surface area contributed by atoms with Crippen LogP contribution < -0.4 is 4.74 Å². The molecule has 1 atom stereocenters. The predicted octanol–water partition coefficient (Wildman–Crippen LogP) is 3.28. The van der Waals surface area contributed by atoms with Crippen LogP contribution in [0.15, 0.2) is 18.5 Å². The lowest BCUT2D eigenvalue weighted by Crippen LogP contribution is -2.41. The molecule has 26 heavy (non-hydrogen) atoms. The topological polar surface area (TPSA) is 54.9 Å². The van der Waals surface area contributed by atoms with Crippen molar-refractivity contribution in [1.82, 2.24) is 14.8 Å². The maximum Gasteiger partial charge on any atom is 0.409 e. The van der Waals surface area contributed by atoms with Gasteiger partial charge in [0.2, 0.25) is 0 Å². The van der Waals surface area contributed by atoms with Crippen molar-refractivity contribution in [2.75, 3.05) is 39.9 Å². The number of pyridine rings is 1. The maximum absolute atomic E-state index is 12.0. The number of hydrogen-bond acceptors (Lipinski definition) is 5. The van der Waals surface area contributed by atoms with Gasteiger partial charge in [0.15, 0.2) is 0 Å². The van der Waals surface area contributed by atoms with Crippen LogP contribution in [0, 0.1) is 0 Å². The lowest BCUT2D eigenvalue weighted by atomic mass is 9.89. The number of rotatable bonds is 4. The van der Waals surface area contributed by atoms with Gasteiger partial charge >= 0.3 is 6.09 Å². The van der Waals surface area contributed by atoms with Crippen LogP contribution >= 0.6 is 0 Å². The van der Waals surface area contributed by atoms with Crippen molar-refractivity contribution in [3.8, 4) is 5.75 Å². The highest BCUT2D eigenvalue weighted by molar-refractivity contribution is 5.67. The van der Waals surface area contributed by atoms with Crippen LogP contribution in [-0.4, -0.2) is 66.8 Å². The summed E-state index contributed by atoms with van der Waals surface area (Å²) in [4.78, 5) is 20.8. The number of methoxy groups -OCH3 is 1. The van der Waals surface area contributed by atoms with Crippen LogP contribution in [-0.2, 0) is 4.74 Å². The standard InChI is InChI=1S/C20H31N3O3/c1-3-26-20(24)23-9-4-5-18(8-12-23)22-10-6-16(7-11-22)17-13-19(25-2)15-21-14-17/h13-16,18H,3-12H2,1-2H3. The first kappa shape index (κ1) is 19.0. The molecule has 1 aromatic heterocycles. The third kappa shape index (κ3) is 4.67. The molecule has 2 aliphatic heterocycles. The van der Waals surface area contributed by atoms with Gasteiger partial charge in [-0.15, -0.1) is 0 Å². The minimum Gasteiger partial charge on any atom is -0.495 e. The van der Waals surface area contributed by atoms with Crippen molar-refractivity contribution in [2.24, 2.45) is 0 Å². The number of nitrogens with zero attached hydrogens (tertiary/aromatic N) is 3. The molecule has 0 aromatic carbocycles. The van der Waals surface area contributed by atoms with E-state index in [9.17, 15) is 4.79 Å². The van der Waals surface area contributed by atoms with Gasteiger partial charge in [0.05, 0.1) is 19.9 Å². The summed E-state index contributed by atoms with van der Waals surface area (Å²) in [6.07, 6.45) is 9.18. The summed E-state index contributed by atoms with van der Waals surface area (Å²) in [5.41, 5.74) is 1.29. The van der Waals surface area contributed by atoms with Crippen LogP contribution in [0.25, 0.3) is 0 Å². The molecule has 0 N–H and O–H groups in total. The van der Waals surface area contributed by atoms with Gasteiger partial charge in [0.25, 0.3) is 0 Å². The average Bonchev–Trinajstić information content (AvgIpc) is 2.95. The first-order chi connectivity index (χ1) is 12.7. The highest BCUT2D eigenvalue weighted by atomic mass is 16.6. The van der Waals surface area contributed by atoms with Gasteiger partial charge in [-0.2, -0.15) is 0 Å². The molecular formula is C20H31N3O3. The zero-order chi connectivity index (χ0) is 18.4. The minimum absolute atomic E-state index is 0.155. The third-order valence-electron chi connectivity index (χ3n) is 5.71. The van der Waals surface area contributed by atoms with E-state index < -0.39 is 0 Å². The van der Waals surface area contributed by atoms with Crippen molar-refractivity contribution in [3.63, 3.8) is 0 Å². The number of hydrogen-bond donors (Lipinski definition) is 0. The lowest BCUT2D eigenvalue weighted by molar-refractivity contribution is 0.105. The number of carbonyl (C=O) groups is 1. The van der Waals surface area contributed by atoms with Crippen molar-refractivity contribution in [2.45, 2.75) is 51.0 Å². The van der Waals surface area contributed by atoms with E-state index in [2.05, 4.69) is 16.0 Å². The first-order valence-electron chi connectivity index (χ1n) is 9.86. The Hall–Kier alpha value is -1.82. The monoisotopic (exact) mass is 361 g/mol. The van der Waals surface area contributed by atoms with Crippen LogP contribution in [0.5, 0.6) is 5.75 Å². The Balaban J connectivity index is 1.51. The summed E-state index contributed by atoms with van der Waals surface area (Å²) >= 11 is 0. The fourth-order valence-electron chi connectivity index (χ4n) is 4.21. The molecule has 0 bridgehead atoms. The van der Waals surface area contributed by atoms with Crippen molar-refractivity contribution in [3.05, 3.63) is 24.0 Å². The van der Waals surface area contributed by atoms with E-state index >= 15 is 0 Å². The fraction of sp³-hybridized carbons (Fsp3) is 0.700. The Kier molecular flexibility index (Phi) is 6.72. The molecule has 6 heteroatoms. The average molecular weight is 361 g/mol. The molecule has 2 fully saturated rings. The minimum atomic E-state index is -0.155.